The Morgan fingerprint density at radius 1 is 0.927 bits per heavy atom. The Balaban J connectivity index is 1.45. The maximum Gasteiger partial charge on any atom is 0.410 e. The van der Waals surface area contributed by atoms with Crippen molar-refractivity contribution >= 4 is 18.2 Å². The lowest BCUT2D eigenvalue weighted by Gasteiger charge is -2.48. The number of amides is 2. The summed E-state index contributed by atoms with van der Waals surface area (Å²) in [6.45, 7) is 5.47. The Hall–Kier alpha value is -4.33. The van der Waals surface area contributed by atoms with Gasteiger partial charge in [-0.2, -0.15) is 0 Å². The fourth-order valence-corrected chi connectivity index (χ4v) is 6.11. The highest BCUT2D eigenvalue weighted by molar-refractivity contribution is 5.87. The Morgan fingerprint density at radius 3 is 2.10 bits per heavy atom. The van der Waals surface area contributed by atoms with E-state index < -0.39 is 35.3 Å². The number of nitrogens with one attached hydrogen (secondary N) is 1. The van der Waals surface area contributed by atoms with Gasteiger partial charge in [0, 0.05) is 18.9 Å². The number of benzene rings is 3. The third-order valence-electron chi connectivity index (χ3n) is 7.87. The quantitative estimate of drug-likeness (QED) is 0.386. The Bertz CT molecular complexity index is 1390. The molecule has 2 atom stereocenters. The zero-order valence-corrected chi connectivity index (χ0v) is 23.6. The summed E-state index contributed by atoms with van der Waals surface area (Å²) in [7, 11) is 0. The van der Waals surface area contributed by atoms with E-state index in [-0.39, 0.29) is 25.5 Å². The van der Waals surface area contributed by atoms with Gasteiger partial charge in [0.15, 0.2) is 5.54 Å². The molecule has 0 bridgehead atoms. The first-order chi connectivity index (χ1) is 19.6. The number of carbonyl (C=O) groups excluding carboxylic acids is 2. The minimum Gasteiger partial charge on any atom is -0.479 e. The zero-order chi connectivity index (χ0) is 29.2. The van der Waals surface area contributed by atoms with Crippen molar-refractivity contribution in [2.45, 2.75) is 63.1 Å². The van der Waals surface area contributed by atoms with E-state index in [4.69, 9.17) is 9.47 Å². The van der Waals surface area contributed by atoms with Gasteiger partial charge in [-0.3, -0.25) is 4.90 Å². The maximum atomic E-state index is 13.8. The standard InChI is InChI=1S/C33H36N2O6/c1-32(2,3)41-30(38)34-28-18-11-19-35(33(28,29(36)37)20-22-12-5-4-6-13-22)31(39)40-21-27-25-16-9-7-14-23(25)24-15-8-10-17-26(24)27/h4-10,12-17,27-28H,11,18-21H2,1-3H3,(H,34,38)(H,36,37)/t28?,33-/m0/s1. The molecule has 1 aliphatic heterocycles. The van der Waals surface area contributed by atoms with Crippen LogP contribution in [-0.4, -0.2) is 58.5 Å². The molecule has 2 N–H and O–H groups in total. The largest absolute Gasteiger partial charge is 0.479 e. The van der Waals surface area contributed by atoms with Crippen LogP contribution in [-0.2, 0) is 20.7 Å². The first kappa shape index (κ1) is 28.2. The molecule has 3 aromatic carbocycles. The number of nitrogens with zero attached hydrogens (tertiary/aromatic N) is 1. The van der Waals surface area contributed by atoms with Crippen LogP contribution in [0.3, 0.4) is 0 Å². The number of fused-ring (bicyclic) bond motifs is 3. The smallest absolute Gasteiger partial charge is 0.410 e. The van der Waals surface area contributed by atoms with Crippen molar-refractivity contribution in [2.75, 3.05) is 13.2 Å². The number of carboxylic acids is 1. The van der Waals surface area contributed by atoms with Crippen LogP contribution in [0.4, 0.5) is 9.59 Å². The maximum absolute atomic E-state index is 13.8. The van der Waals surface area contributed by atoms with Crippen LogP contribution in [0, 0.1) is 0 Å². The van der Waals surface area contributed by atoms with Crippen molar-refractivity contribution in [3.8, 4) is 11.1 Å². The summed E-state index contributed by atoms with van der Waals surface area (Å²) < 4.78 is 11.4. The van der Waals surface area contributed by atoms with Gasteiger partial charge in [-0.25, -0.2) is 14.4 Å². The normalized spacial score (nSPS) is 20.1. The van der Waals surface area contributed by atoms with E-state index in [1.165, 1.54) is 4.90 Å². The number of alkyl carbamates (subject to hydrolysis) is 1. The number of aliphatic carboxylic acids is 1. The molecule has 1 fully saturated rings. The topological polar surface area (TPSA) is 105 Å². The van der Waals surface area contributed by atoms with Gasteiger partial charge in [-0.1, -0.05) is 78.9 Å². The van der Waals surface area contributed by atoms with Gasteiger partial charge >= 0.3 is 18.2 Å². The molecule has 1 saturated heterocycles. The highest BCUT2D eigenvalue weighted by Gasteiger charge is 2.56. The lowest BCUT2D eigenvalue weighted by atomic mass is 9.77. The summed E-state index contributed by atoms with van der Waals surface area (Å²) in [5.41, 5.74) is 2.52. The Kier molecular flexibility index (Phi) is 7.76. The van der Waals surface area contributed by atoms with Gasteiger partial charge in [-0.15, -0.1) is 0 Å². The van der Waals surface area contributed by atoms with Crippen molar-refractivity contribution in [1.82, 2.24) is 10.2 Å². The van der Waals surface area contributed by atoms with E-state index in [0.717, 1.165) is 27.8 Å². The summed E-state index contributed by atoms with van der Waals surface area (Å²) in [6.07, 6.45) is -0.593. The molecule has 2 aliphatic rings. The predicted octanol–water partition coefficient (Wildman–Crippen LogP) is 5.99. The summed E-state index contributed by atoms with van der Waals surface area (Å²) >= 11 is 0. The fourth-order valence-electron chi connectivity index (χ4n) is 6.11. The molecule has 1 unspecified atom stereocenters. The van der Waals surface area contributed by atoms with E-state index in [0.29, 0.717) is 12.8 Å². The van der Waals surface area contributed by atoms with Crippen LogP contribution >= 0.6 is 0 Å². The van der Waals surface area contributed by atoms with Gasteiger partial charge < -0.3 is 19.9 Å². The molecule has 8 nitrogen and oxygen atoms in total. The van der Waals surface area contributed by atoms with E-state index in [1.807, 2.05) is 66.7 Å². The Morgan fingerprint density at radius 2 is 1.51 bits per heavy atom. The molecule has 0 spiro atoms. The molecule has 214 valence electrons. The number of carboxylic acid groups (broad SMARTS) is 1. The highest BCUT2D eigenvalue weighted by atomic mass is 16.6. The lowest BCUT2D eigenvalue weighted by Crippen LogP contribution is -2.71. The van der Waals surface area contributed by atoms with Crippen molar-refractivity contribution in [2.24, 2.45) is 0 Å². The molecule has 0 radical (unpaired) electrons. The van der Waals surface area contributed by atoms with Gasteiger partial charge in [-0.05, 0) is 61.4 Å². The van der Waals surface area contributed by atoms with Gasteiger partial charge in [0.2, 0.25) is 0 Å². The number of piperidine rings is 1. The average molecular weight is 557 g/mol. The third-order valence-corrected chi connectivity index (χ3v) is 7.87. The van der Waals surface area contributed by atoms with Crippen LogP contribution in [0.2, 0.25) is 0 Å². The van der Waals surface area contributed by atoms with Gasteiger partial charge in [0.25, 0.3) is 0 Å². The van der Waals surface area contributed by atoms with Gasteiger partial charge in [0.1, 0.15) is 12.2 Å². The Labute approximate surface area is 240 Å². The number of carbonyl (C=O) groups is 3. The number of rotatable bonds is 6. The van der Waals surface area contributed by atoms with Gasteiger partial charge in [0.05, 0.1) is 6.04 Å². The van der Waals surface area contributed by atoms with E-state index >= 15 is 0 Å². The summed E-state index contributed by atoms with van der Waals surface area (Å²) in [4.78, 5) is 41.2. The number of likely N-dealkylation sites (tertiary alicyclic amines) is 1. The van der Waals surface area contributed by atoms with E-state index in [1.54, 1.807) is 20.8 Å². The van der Waals surface area contributed by atoms with Crippen LogP contribution in [0.15, 0.2) is 78.9 Å². The molecule has 8 heteroatoms. The molecule has 2 amide bonds. The molecular formula is C33H36N2O6. The third kappa shape index (κ3) is 5.64. The second-order valence-electron chi connectivity index (χ2n) is 11.7. The van der Waals surface area contributed by atoms with Crippen molar-refractivity contribution in [1.29, 1.82) is 0 Å². The first-order valence-electron chi connectivity index (χ1n) is 14.0. The average Bonchev–Trinajstić information content (AvgIpc) is 3.25. The van der Waals surface area contributed by atoms with Crippen molar-refractivity contribution < 1.29 is 29.0 Å². The summed E-state index contributed by atoms with van der Waals surface area (Å²) in [5.74, 6) is -1.38. The van der Waals surface area contributed by atoms with Crippen LogP contribution in [0.25, 0.3) is 11.1 Å². The second-order valence-corrected chi connectivity index (χ2v) is 11.7. The molecule has 1 heterocycles. The van der Waals surface area contributed by atoms with Crippen LogP contribution < -0.4 is 5.32 Å². The number of hydrogen-bond donors (Lipinski definition) is 2. The minimum atomic E-state index is -1.78. The lowest BCUT2D eigenvalue weighted by molar-refractivity contribution is -0.155. The molecule has 41 heavy (non-hydrogen) atoms. The van der Waals surface area contributed by atoms with Crippen molar-refractivity contribution in [3.63, 3.8) is 0 Å². The van der Waals surface area contributed by atoms with Crippen LogP contribution in [0.1, 0.15) is 56.2 Å². The molecule has 5 rings (SSSR count). The second kappa shape index (κ2) is 11.3. The minimum absolute atomic E-state index is 0.00612. The molecule has 0 aromatic heterocycles. The first-order valence-corrected chi connectivity index (χ1v) is 14.0. The van der Waals surface area contributed by atoms with E-state index in [2.05, 4.69) is 17.4 Å². The monoisotopic (exact) mass is 556 g/mol. The molecule has 0 saturated carbocycles. The molecular weight excluding hydrogens is 520 g/mol. The van der Waals surface area contributed by atoms with Crippen LogP contribution in [0.5, 0.6) is 0 Å². The summed E-state index contributed by atoms with van der Waals surface area (Å²) in [5, 5.41) is 13.6. The summed E-state index contributed by atoms with van der Waals surface area (Å²) in [6, 6.07) is 24.3. The van der Waals surface area contributed by atoms with Crippen molar-refractivity contribution in [3.05, 3.63) is 95.6 Å². The highest BCUT2D eigenvalue weighted by Crippen LogP contribution is 2.45. The molecule has 1 aliphatic carbocycles. The zero-order valence-electron chi connectivity index (χ0n) is 23.6. The number of ether oxygens (including phenoxy) is 2. The SMILES string of the molecule is CC(C)(C)OC(=O)NC1CCCN(C(=O)OCC2c3ccccc3-c3ccccc32)[C@]1(Cc1ccccc1)C(=O)O. The van der Waals surface area contributed by atoms with E-state index in [9.17, 15) is 19.5 Å². The fraction of sp³-hybridized carbons (Fsp3) is 0.364. The predicted molar refractivity (Wildman–Crippen MR) is 155 cm³/mol. The molecule has 3 aromatic rings. The number of hydrogen-bond acceptors (Lipinski definition) is 5.